The monoisotopic (exact) mass is 607 g/mol. The van der Waals surface area contributed by atoms with Crippen LogP contribution >= 0.6 is 33.7 Å². The molecule has 1 heterocycles. The molecule has 5 unspecified atom stereocenters. The van der Waals surface area contributed by atoms with Gasteiger partial charge in [-0.15, -0.1) is 11.6 Å². The van der Waals surface area contributed by atoms with Gasteiger partial charge in [-0.05, 0) is 72.6 Å². The molecule has 1 amide bonds. The molecule has 1 aliphatic carbocycles. The van der Waals surface area contributed by atoms with Gasteiger partial charge in [-0.25, -0.2) is 8.78 Å². The number of hydrogen-bond acceptors (Lipinski definition) is 3. The Morgan fingerprint density at radius 3 is 2.40 bits per heavy atom. The van der Waals surface area contributed by atoms with Gasteiger partial charge in [-0.1, -0.05) is 56.5 Å². The molecule has 1 aliphatic heterocycles. The number of carbonyl (C=O) groups excluding carboxylic acids is 1. The minimum Gasteiger partial charge on any atom is -0.329 e. The van der Waals surface area contributed by atoms with E-state index in [-0.39, 0.29) is 45.4 Å². The third-order valence-electron chi connectivity index (χ3n) is 6.31. The van der Waals surface area contributed by atoms with Crippen LogP contribution in [0.5, 0.6) is 0 Å². The lowest BCUT2D eigenvalue weighted by atomic mass is 9.78. The second kappa shape index (κ2) is 16.1. The van der Waals surface area contributed by atoms with Crippen molar-refractivity contribution in [3.63, 3.8) is 0 Å². The highest BCUT2D eigenvalue weighted by Crippen LogP contribution is 2.39. The predicted molar refractivity (Wildman–Crippen MR) is 166 cm³/mol. The van der Waals surface area contributed by atoms with Crippen molar-refractivity contribution in [3.05, 3.63) is 82.9 Å². The van der Waals surface area contributed by atoms with E-state index in [4.69, 9.17) is 23.2 Å². The van der Waals surface area contributed by atoms with E-state index in [2.05, 4.69) is 49.6 Å². The molecule has 4 nitrogen and oxygen atoms in total. The fourth-order valence-electron chi connectivity index (χ4n) is 4.45. The zero-order valence-corrected chi connectivity index (χ0v) is 25.6. The van der Waals surface area contributed by atoms with E-state index in [1.807, 2.05) is 36.4 Å². The van der Waals surface area contributed by atoms with Gasteiger partial charge in [0.25, 0.3) is 0 Å². The van der Waals surface area contributed by atoms with Crippen molar-refractivity contribution in [1.29, 1.82) is 5.26 Å². The minimum absolute atomic E-state index is 0.0427. The largest absolute Gasteiger partial charge is 0.329 e. The first-order chi connectivity index (χ1) is 18.9. The van der Waals surface area contributed by atoms with Crippen molar-refractivity contribution >= 4 is 51.7 Å². The zero-order valence-electron chi connectivity index (χ0n) is 23.3. The van der Waals surface area contributed by atoms with Gasteiger partial charge >= 0.3 is 0 Å². The number of amides is 1. The predicted octanol–water partition coefficient (Wildman–Crippen LogP) is 8.36. The Bertz CT molecular complexity index is 1240. The first-order valence-corrected chi connectivity index (χ1v) is 15.5. The van der Waals surface area contributed by atoms with Crippen molar-refractivity contribution in [1.82, 2.24) is 5.32 Å². The summed E-state index contributed by atoms with van der Waals surface area (Å²) in [5, 5.41) is 15.3. The van der Waals surface area contributed by atoms with E-state index in [0.717, 1.165) is 12.1 Å². The molecular formula is C31H37Cl2F2N3OS. The molecule has 0 spiro atoms. The molecule has 1 fully saturated rings. The maximum Gasteiger partial charge on any atom is 0.211 e. The third-order valence-corrected chi connectivity index (χ3v) is 7.99. The minimum atomic E-state index is -0.573. The highest BCUT2D eigenvalue weighted by molar-refractivity contribution is 8.13. The molecule has 9 heteroatoms. The summed E-state index contributed by atoms with van der Waals surface area (Å²) in [7, 11) is 0.0427. The number of nitriles is 1. The van der Waals surface area contributed by atoms with Crippen molar-refractivity contribution < 1.29 is 13.6 Å². The van der Waals surface area contributed by atoms with Gasteiger partial charge in [-0.3, -0.25) is 4.79 Å². The summed E-state index contributed by atoms with van der Waals surface area (Å²) in [6.45, 7) is 7.12. The molecule has 2 aromatic rings. The number of alkyl halides is 1. The van der Waals surface area contributed by atoms with Gasteiger partial charge in [0.15, 0.2) is 0 Å². The third kappa shape index (κ3) is 10.8. The van der Waals surface area contributed by atoms with E-state index in [0.29, 0.717) is 30.0 Å². The molecule has 1 saturated heterocycles. The number of hydrogen-bond donors (Lipinski definition) is 2. The van der Waals surface area contributed by atoms with E-state index in [1.54, 1.807) is 12.1 Å². The molecule has 0 radical (unpaired) electrons. The molecule has 2 N–H and O–H groups in total. The number of nitrogens with one attached hydrogen (secondary N) is 2. The molecule has 216 valence electrons. The van der Waals surface area contributed by atoms with Gasteiger partial charge in [0.05, 0.1) is 17.4 Å². The van der Waals surface area contributed by atoms with Crippen LogP contribution < -0.4 is 10.6 Å². The second-order valence-electron chi connectivity index (χ2n) is 10.8. The van der Waals surface area contributed by atoms with Crippen molar-refractivity contribution in [2.45, 2.75) is 49.9 Å². The number of allylic oxidation sites excluding steroid dienone is 3. The van der Waals surface area contributed by atoms with Crippen LogP contribution in [0.25, 0.3) is 0 Å². The van der Waals surface area contributed by atoms with Crippen molar-refractivity contribution in [2.24, 2.45) is 17.3 Å². The Morgan fingerprint density at radius 1 is 1.23 bits per heavy atom. The number of benzene rings is 2. The lowest BCUT2D eigenvalue weighted by Gasteiger charge is -2.26. The molecule has 0 bridgehead atoms. The Kier molecular flexibility index (Phi) is 13.5. The van der Waals surface area contributed by atoms with E-state index < -0.39 is 5.38 Å². The standard InChI is InChI=1S/C16H22ClFN2.C9H11NOS.C6H4ClF/c1-16(2,3)7-14-11(8-19)12(9-20-14)10-5-4-6-13(17)15(10)18;1-12(2)9-5-3-8(4-6-9)10-7-11;7-5-2-1-3-6(8)4-5/h4-5,11-14,20H,6-7,9H2,1-3H3;3-7H,1H2,2H3,(H,10,11);1-4H. The molecule has 0 saturated carbocycles. The first kappa shape index (κ1) is 33.7. The summed E-state index contributed by atoms with van der Waals surface area (Å²) < 4.78 is 26.3. The Morgan fingerprint density at radius 2 is 1.90 bits per heavy atom. The molecule has 0 aromatic heterocycles. The lowest BCUT2D eigenvalue weighted by Crippen LogP contribution is -2.31. The van der Waals surface area contributed by atoms with Crippen LogP contribution in [-0.4, -0.2) is 36.5 Å². The molecular weight excluding hydrogens is 571 g/mol. The summed E-state index contributed by atoms with van der Waals surface area (Å²) in [6.07, 6.45) is 7.88. The van der Waals surface area contributed by atoms with Gasteiger partial charge in [0.1, 0.15) is 11.6 Å². The average molecular weight is 609 g/mol. The summed E-state index contributed by atoms with van der Waals surface area (Å²) in [6, 6.07) is 16.0. The van der Waals surface area contributed by atoms with E-state index in [9.17, 15) is 18.8 Å². The Balaban J connectivity index is 0.000000236. The van der Waals surface area contributed by atoms with Crippen LogP contribution in [-0.2, 0) is 4.79 Å². The van der Waals surface area contributed by atoms with Crippen LogP contribution in [0.1, 0.15) is 33.6 Å². The Labute approximate surface area is 249 Å². The number of carbonyl (C=O) groups is 1. The van der Waals surface area contributed by atoms with E-state index >= 15 is 0 Å². The fraction of sp³-hybridized carbons (Fsp3) is 0.387. The van der Waals surface area contributed by atoms with Gasteiger partial charge in [-0.2, -0.15) is 15.7 Å². The molecule has 4 rings (SSSR count). The maximum absolute atomic E-state index is 14.2. The Hall–Kier alpha value is -2.50. The number of rotatable bonds is 5. The zero-order chi connectivity index (χ0) is 29.9. The van der Waals surface area contributed by atoms with Crippen LogP contribution in [0.15, 0.2) is 77.0 Å². The number of halogens is 4. The van der Waals surface area contributed by atoms with E-state index in [1.165, 1.54) is 17.0 Å². The topological polar surface area (TPSA) is 64.9 Å². The number of nitrogens with zero attached hydrogens (tertiary/aromatic N) is 1. The van der Waals surface area contributed by atoms with Crippen molar-refractivity contribution in [3.8, 4) is 6.07 Å². The number of anilines is 1. The maximum atomic E-state index is 14.2. The molecule has 2 aromatic carbocycles. The molecule has 2 aliphatic rings. The van der Waals surface area contributed by atoms with Crippen LogP contribution in [0.4, 0.5) is 14.5 Å². The second-order valence-corrected chi connectivity index (χ2v) is 13.5. The summed E-state index contributed by atoms with van der Waals surface area (Å²) >= 11 is 11.4. The highest BCUT2D eigenvalue weighted by Gasteiger charge is 2.41. The highest BCUT2D eigenvalue weighted by atomic mass is 35.5. The summed E-state index contributed by atoms with van der Waals surface area (Å²) in [5.41, 5.74) is 1.58. The van der Waals surface area contributed by atoms with Crippen LogP contribution in [0, 0.1) is 34.4 Å². The fourth-order valence-corrected chi connectivity index (χ4v) is 5.45. The normalized spacial score (nSPS) is 22.7. The quantitative estimate of drug-likeness (QED) is 0.204. The summed E-state index contributed by atoms with van der Waals surface area (Å²) in [5.74, 6) is 3.09. The lowest BCUT2D eigenvalue weighted by molar-refractivity contribution is -0.105. The van der Waals surface area contributed by atoms with Crippen molar-refractivity contribution in [2.75, 3.05) is 18.1 Å². The van der Waals surface area contributed by atoms with Crippen LogP contribution in [0.2, 0.25) is 5.02 Å². The molecule has 40 heavy (non-hydrogen) atoms. The summed E-state index contributed by atoms with van der Waals surface area (Å²) in [4.78, 5) is 11.3. The smallest absolute Gasteiger partial charge is 0.211 e. The SMILES string of the molecule is C=S(C)c1ccc(NC=O)cc1.CC(C)(C)CC1NCC(C2=C(F)C(Cl)CC=C2)C1C#N.Fc1cccc(Cl)c1. The molecule has 5 atom stereocenters. The average Bonchev–Trinajstić information content (AvgIpc) is 3.27. The van der Waals surface area contributed by atoms with Gasteiger partial charge < -0.3 is 10.6 Å². The van der Waals surface area contributed by atoms with Crippen LogP contribution in [0.3, 0.4) is 0 Å². The van der Waals surface area contributed by atoms with Gasteiger partial charge in [0, 0.05) is 34.1 Å². The first-order valence-electron chi connectivity index (χ1n) is 12.9. The van der Waals surface area contributed by atoms with Gasteiger partial charge in [0.2, 0.25) is 6.41 Å².